The summed E-state index contributed by atoms with van der Waals surface area (Å²) in [6.07, 6.45) is 3.94. The van der Waals surface area contributed by atoms with Crippen molar-refractivity contribution in [2.45, 2.75) is 58.9 Å². The largest absolute Gasteiger partial charge is 0.345 e. The topological polar surface area (TPSA) is 134 Å². The fourth-order valence-corrected chi connectivity index (χ4v) is 6.00. The van der Waals surface area contributed by atoms with Gasteiger partial charge in [0.25, 0.3) is 0 Å². The van der Waals surface area contributed by atoms with Crippen LogP contribution in [-0.4, -0.2) is 47.4 Å². The number of aliphatic imine (C=N–C) groups is 1. The number of fused-ring (bicyclic) bond motifs is 1. The summed E-state index contributed by atoms with van der Waals surface area (Å²) in [7, 11) is 0. The fourth-order valence-electron chi connectivity index (χ4n) is 4.65. The van der Waals surface area contributed by atoms with Crippen LogP contribution in [0, 0.1) is 48.3 Å². The number of amides is 1. The molecule has 0 saturated carbocycles. The Bertz CT molecular complexity index is 1660. The lowest BCUT2D eigenvalue weighted by Gasteiger charge is -2.24. The molecular formula is C33H36ClN7OS. The summed E-state index contributed by atoms with van der Waals surface area (Å²) in [5.74, 6) is 12.3. The normalized spacial score (nSPS) is 14.1. The second kappa shape index (κ2) is 14.8. The average molecular weight is 614 g/mol. The van der Waals surface area contributed by atoms with E-state index in [0.29, 0.717) is 10.7 Å². The second-order valence-electron chi connectivity index (χ2n) is 10.2. The van der Waals surface area contributed by atoms with E-state index in [1.165, 1.54) is 11.3 Å². The Balaban J connectivity index is 1.47. The maximum Gasteiger partial charge on any atom is 0.223 e. The van der Waals surface area contributed by atoms with Crippen molar-refractivity contribution in [1.82, 2.24) is 10.3 Å². The van der Waals surface area contributed by atoms with E-state index in [1.807, 2.05) is 38.1 Å². The fraction of sp³-hybridized carbons (Fsp3) is 0.333. The van der Waals surface area contributed by atoms with Gasteiger partial charge in [-0.2, -0.15) is 0 Å². The molecule has 3 aromatic rings. The molecule has 8 nitrogen and oxygen atoms in total. The van der Waals surface area contributed by atoms with Crippen molar-refractivity contribution in [1.29, 1.82) is 10.8 Å². The van der Waals surface area contributed by atoms with Crippen LogP contribution >= 0.6 is 22.9 Å². The van der Waals surface area contributed by atoms with Gasteiger partial charge in [-0.15, -0.1) is 11.3 Å². The Labute approximate surface area is 262 Å². The predicted molar refractivity (Wildman–Crippen MR) is 178 cm³/mol. The molecule has 6 N–H and O–H groups in total. The molecule has 0 fully saturated rings. The molecule has 0 saturated heterocycles. The van der Waals surface area contributed by atoms with Gasteiger partial charge >= 0.3 is 0 Å². The number of nitrogens with zero attached hydrogens (tertiary/aromatic N) is 2. The maximum atomic E-state index is 13.0. The van der Waals surface area contributed by atoms with Crippen LogP contribution in [-0.2, 0) is 4.79 Å². The lowest BCUT2D eigenvalue weighted by Crippen LogP contribution is -2.42. The van der Waals surface area contributed by atoms with Crippen molar-refractivity contribution in [3.63, 3.8) is 0 Å². The standard InChI is InChI=1S/C33H36ClN7OS/c1-21-22(2)43-33-30(21)31(24-12-14-25(34)15-13-24)40-28(32(37)41(33)23(3)36)20-29(42)38-19-9-11-27-17-16-26(39-27)10-7-5-4-6-8-18-35/h12-17,28,36-37,39H,4-6,8,18-20,35H2,1-3H3,(H,38,42)/t28-/m0/s1. The van der Waals surface area contributed by atoms with Crippen LogP contribution in [0.25, 0.3) is 0 Å². The van der Waals surface area contributed by atoms with Crippen molar-refractivity contribution in [2.75, 3.05) is 18.0 Å². The quantitative estimate of drug-likeness (QED) is 0.0954. The van der Waals surface area contributed by atoms with E-state index in [-0.39, 0.29) is 30.5 Å². The number of amidine groups is 2. The van der Waals surface area contributed by atoms with Crippen molar-refractivity contribution in [2.24, 2.45) is 10.7 Å². The summed E-state index contributed by atoms with van der Waals surface area (Å²) in [6, 6.07) is 10.3. The minimum absolute atomic E-state index is 0.0537. The minimum Gasteiger partial charge on any atom is -0.345 e. The highest BCUT2D eigenvalue weighted by Gasteiger charge is 2.34. The number of rotatable bonds is 8. The summed E-state index contributed by atoms with van der Waals surface area (Å²) in [5.41, 5.74) is 10.5. The van der Waals surface area contributed by atoms with Crippen LogP contribution in [0.2, 0.25) is 5.02 Å². The molecule has 0 unspecified atom stereocenters. The van der Waals surface area contributed by atoms with Gasteiger partial charge in [-0.25, -0.2) is 0 Å². The molecule has 1 aromatic carbocycles. The lowest BCUT2D eigenvalue weighted by atomic mass is 9.99. The molecule has 1 amide bonds. The Morgan fingerprint density at radius 3 is 2.49 bits per heavy atom. The second-order valence-corrected chi connectivity index (χ2v) is 11.9. The van der Waals surface area contributed by atoms with E-state index in [0.717, 1.165) is 70.2 Å². The molecule has 1 aliphatic heterocycles. The zero-order chi connectivity index (χ0) is 30.9. The highest BCUT2D eigenvalue weighted by atomic mass is 35.5. The first-order chi connectivity index (χ1) is 20.7. The molecule has 0 bridgehead atoms. The third-order valence-electron chi connectivity index (χ3n) is 6.99. The number of hydrogen-bond acceptors (Lipinski definition) is 6. The number of hydrogen-bond donors (Lipinski definition) is 5. The van der Waals surface area contributed by atoms with Crippen LogP contribution < -0.4 is 16.0 Å². The SMILES string of the molecule is CC(=N)N1C(=N)[C@H](CC(=O)NCC#Cc2ccc(C#CCCCCCN)[nH]2)N=C(c2ccc(Cl)cc2)c2c1sc(C)c2C. The lowest BCUT2D eigenvalue weighted by molar-refractivity contribution is -0.120. The van der Waals surface area contributed by atoms with Gasteiger partial charge in [0.1, 0.15) is 22.7 Å². The number of aromatic amines is 1. The zero-order valence-electron chi connectivity index (χ0n) is 24.7. The molecule has 0 aliphatic carbocycles. The van der Waals surface area contributed by atoms with Gasteiger partial charge in [-0.1, -0.05) is 42.0 Å². The Kier molecular flexibility index (Phi) is 11.0. The number of thiophene rings is 1. The Morgan fingerprint density at radius 2 is 1.81 bits per heavy atom. The summed E-state index contributed by atoms with van der Waals surface area (Å²) in [5, 5.41) is 21.7. The van der Waals surface area contributed by atoms with Crippen LogP contribution in [0.1, 0.15) is 72.0 Å². The summed E-state index contributed by atoms with van der Waals surface area (Å²) < 4.78 is 0. The smallest absolute Gasteiger partial charge is 0.223 e. The molecule has 0 spiro atoms. The zero-order valence-corrected chi connectivity index (χ0v) is 26.2. The predicted octanol–water partition coefficient (Wildman–Crippen LogP) is 5.78. The van der Waals surface area contributed by atoms with Crippen molar-refractivity contribution >= 4 is 51.2 Å². The van der Waals surface area contributed by atoms with Crippen LogP contribution in [0.3, 0.4) is 0 Å². The van der Waals surface area contributed by atoms with Gasteiger partial charge in [0.2, 0.25) is 5.91 Å². The third kappa shape index (κ3) is 8.03. The number of nitrogens with one attached hydrogen (secondary N) is 4. The van der Waals surface area contributed by atoms with Gasteiger partial charge < -0.3 is 16.0 Å². The van der Waals surface area contributed by atoms with Gasteiger partial charge in [-0.05, 0) is 81.8 Å². The first-order valence-electron chi connectivity index (χ1n) is 14.2. The van der Waals surface area contributed by atoms with Crippen molar-refractivity contribution < 1.29 is 4.79 Å². The van der Waals surface area contributed by atoms with E-state index in [4.69, 9.17) is 33.1 Å². The number of aryl methyl sites for hydroxylation is 1. The Hall–Kier alpha value is -4.15. The molecule has 10 heteroatoms. The maximum absolute atomic E-state index is 13.0. The van der Waals surface area contributed by atoms with E-state index in [2.05, 4.69) is 34.0 Å². The average Bonchev–Trinajstić information content (AvgIpc) is 3.51. The number of unbranched alkanes of at least 4 members (excludes halogenated alkanes) is 3. The van der Waals surface area contributed by atoms with E-state index < -0.39 is 6.04 Å². The number of nitrogens with two attached hydrogens (primary N) is 1. The molecule has 1 atom stereocenters. The van der Waals surface area contributed by atoms with Gasteiger partial charge in [0.15, 0.2) is 0 Å². The summed E-state index contributed by atoms with van der Waals surface area (Å²) >= 11 is 7.68. The number of benzene rings is 1. The number of anilines is 1. The van der Waals surface area contributed by atoms with E-state index in [1.54, 1.807) is 24.0 Å². The molecular weight excluding hydrogens is 578 g/mol. The monoisotopic (exact) mass is 613 g/mol. The van der Waals surface area contributed by atoms with Crippen LogP contribution in [0.15, 0.2) is 41.4 Å². The number of carbonyl (C=O) groups excluding carboxylic acids is 1. The third-order valence-corrected chi connectivity index (χ3v) is 8.44. The minimum atomic E-state index is -0.793. The van der Waals surface area contributed by atoms with Crippen LogP contribution in [0.4, 0.5) is 5.00 Å². The first kappa shape index (κ1) is 31.8. The van der Waals surface area contributed by atoms with Gasteiger partial charge in [0.05, 0.1) is 30.1 Å². The molecule has 3 heterocycles. The van der Waals surface area contributed by atoms with Crippen LogP contribution in [0.5, 0.6) is 0 Å². The number of halogens is 1. The first-order valence-corrected chi connectivity index (χ1v) is 15.4. The molecule has 222 valence electrons. The van der Waals surface area contributed by atoms with Gasteiger partial charge in [-0.3, -0.25) is 25.5 Å². The molecule has 43 heavy (non-hydrogen) atoms. The highest BCUT2D eigenvalue weighted by Crippen LogP contribution is 2.40. The van der Waals surface area contributed by atoms with E-state index in [9.17, 15) is 4.79 Å². The number of aromatic nitrogens is 1. The van der Waals surface area contributed by atoms with Gasteiger partial charge in [0, 0.05) is 27.4 Å². The number of H-pyrrole nitrogens is 1. The molecule has 1 aliphatic rings. The molecule has 4 rings (SSSR count). The summed E-state index contributed by atoms with van der Waals surface area (Å²) in [6.45, 7) is 6.55. The van der Waals surface area contributed by atoms with Crippen molar-refractivity contribution in [3.8, 4) is 23.7 Å². The molecule has 0 radical (unpaired) electrons. The molecule has 2 aromatic heterocycles. The number of carbonyl (C=O) groups is 1. The van der Waals surface area contributed by atoms with E-state index >= 15 is 0 Å². The Morgan fingerprint density at radius 1 is 1.12 bits per heavy atom. The van der Waals surface area contributed by atoms with Crippen molar-refractivity contribution in [3.05, 3.63) is 74.4 Å². The summed E-state index contributed by atoms with van der Waals surface area (Å²) in [4.78, 5) is 23.8. The highest BCUT2D eigenvalue weighted by molar-refractivity contribution is 7.17.